The Balaban J connectivity index is 2.18. The summed E-state index contributed by atoms with van der Waals surface area (Å²) in [7, 11) is 0. The third-order valence-electron chi connectivity index (χ3n) is 5.09. The number of piperidine rings is 1. The predicted octanol–water partition coefficient (Wildman–Crippen LogP) is 3.07. The van der Waals surface area contributed by atoms with Crippen LogP contribution in [0.15, 0.2) is 12.2 Å². The highest BCUT2D eigenvalue weighted by Crippen LogP contribution is 2.58. The van der Waals surface area contributed by atoms with Gasteiger partial charge in [0, 0.05) is 18.6 Å². The summed E-state index contributed by atoms with van der Waals surface area (Å²) in [6.07, 6.45) is 7.29. The van der Waals surface area contributed by atoms with Crippen molar-refractivity contribution in [2.75, 3.05) is 13.1 Å². The van der Waals surface area contributed by atoms with Crippen LogP contribution < -0.4 is 0 Å². The maximum absolute atomic E-state index is 2.68. The number of rotatable bonds is 2. The van der Waals surface area contributed by atoms with E-state index in [0.29, 0.717) is 11.0 Å². The van der Waals surface area contributed by atoms with E-state index in [-0.39, 0.29) is 0 Å². The zero-order valence-corrected chi connectivity index (χ0v) is 10.0. The molecule has 0 spiro atoms. The van der Waals surface area contributed by atoms with Gasteiger partial charge in [-0.25, -0.2) is 0 Å². The lowest BCUT2D eigenvalue weighted by atomic mass is 9.75. The first-order valence-electron chi connectivity index (χ1n) is 5.88. The van der Waals surface area contributed by atoms with E-state index in [1.54, 1.807) is 0 Å². The minimum absolute atomic E-state index is 0.456. The van der Waals surface area contributed by atoms with Crippen LogP contribution in [-0.2, 0) is 0 Å². The lowest BCUT2D eigenvalue weighted by Crippen LogP contribution is -2.47. The van der Waals surface area contributed by atoms with Gasteiger partial charge in [-0.3, -0.25) is 4.90 Å². The Morgan fingerprint density at radius 2 is 2.07 bits per heavy atom. The number of fused-ring (bicyclic) bond motifs is 2. The van der Waals surface area contributed by atoms with Gasteiger partial charge in [-0.15, -0.1) is 0 Å². The lowest BCUT2D eigenvalue weighted by Gasteiger charge is -2.41. The normalized spacial score (nSPS) is 41.3. The van der Waals surface area contributed by atoms with E-state index >= 15 is 0 Å². The van der Waals surface area contributed by atoms with Crippen molar-refractivity contribution in [3.8, 4) is 0 Å². The molecule has 1 heterocycles. The fourth-order valence-electron chi connectivity index (χ4n) is 3.44. The molecule has 0 aromatic rings. The Labute approximate surface area is 88.2 Å². The van der Waals surface area contributed by atoms with Crippen LogP contribution in [0.2, 0.25) is 0 Å². The van der Waals surface area contributed by atoms with Crippen molar-refractivity contribution in [2.24, 2.45) is 11.3 Å². The van der Waals surface area contributed by atoms with Crippen molar-refractivity contribution in [1.82, 2.24) is 4.90 Å². The van der Waals surface area contributed by atoms with Crippen molar-refractivity contribution in [1.29, 1.82) is 0 Å². The summed E-state index contributed by atoms with van der Waals surface area (Å²) < 4.78 is 0. The zero-order chi connectivity index (χ0) is 10.4. The first-order valence-corrected chi connectivity index (χ1v) is 5.88. The fourth-order valence-corrected chi connectivity index (χ4v) is 3.44. The van der Waals surface area contributed by atoms with Crippen LogP contribution in [0, 0.1) is 11.3 Å². The third-order valence-corrected chi connectivity index (χ3v) is 5.09. The second-order valence-electron chi connectivity index (χ2n) is 5.71. The van der Waals surface area contributed by atoms with Crippen molar-refractivity contribution >= 4 is 0 Å². The summed E-state index contributed by atoms with van der Waals surface area (Å²) in [4.78, 5) is 2.68. The first-order chi connectivity index (χ1) is 6.52. The average molecular weight is 193 g/mol. The largest absolute Gasteiger partial charge is 0.293 e. The van der Waals surface area contributed by atoms with Gasteiger partial charge in [0.05, 0.1) is 0 Å². The standard InChI is InChI=1S/C13H23N/c1-5-6-9-14-10-11-7-8-13(14,4)12(11,2)3/h5-6,11H,7-10H2,1-4H3/b6-5+. The number of likely N-dealkylation sites (tertiary alicyclic amines) is 1. The molecular weight excluding hydrogens is 170 g/mol. The smallest absolute Gasteiger partial charge is 0.0239 e. The Kier molecular flexibility index (Phi) is 2.26. The third kappa shape index (κ3) is 1.11. The van der Waals surface area contributed by atoms with Crippen molar-refractivity contribution < 1.29 is 0 Å². The van der Waals surface area contributed by atoms with Gasteiger partial charge in [0.2, 0.25) is 0 Å². The molecule has 0 radical (unpaired) electrons. The Morgan fingerprint density at radius 3 is 2.50 bits per heavy atom. The van der Waals surface area contributed by atoms with E-state index in [4.69, 9.17) is 0 Å². The maximum atomic E-state index is 2.68. The Bertz CT molecular complexity index is 254. The second-order valence-corrected chi connectivity index (χ2v) is 5.71. The molecule has 2 fully saturated rings. The van der Waals surface area contributed by atoms with Gasteiger partial charge in [0.1, 0.15) is 0 Å². The first kappa shape index (κ1) is 10.2. The Morgan fingerprint density at radius 1 is 1.36 bits per heavy atom. The van der Waals surface area contributed by atoms with Crippen molar-refractivity contribution in [2.45, 2.75) is 46.1 Å². The number of allylic oxidation sites excluding steroid dienone is 1. The highest BCUT2D eigenvalue weighted by atomic mass is 15.3. The molecule has 2 atom stereocenters. The minimum atomic E-state index is 0.456. The molecule has 1 heteroatoms. The van der Waals surface area contributed by atoms with Crippen LogP contribution in [0.25, 0.3) is 0 Å². The molecule has 0 aromatic heterocycles. The summed E-state index contributed by atoms with van der Waals surface area (Å²) in [5.41, 5.74) is 0.978. The summed E-state index contributed by atoms with van der Waals surface area (Å²) >= 11 is 0. The van der Waals surface area contributed by atoms with Gasteiger partial charge >= 0.3 is 0 Å². The van der Waals surface area contributed by atoms with Crippen LogP contribution in [0.5, 0.6) is 0 Å². The molecule has 1 aliphatic heterocycles. The molecule has 1 nitrogen and oxygen atoms in total. The number of hydrogen-bond acceptors (Lipinski definition) is 1. The topological polar surface area (TPSA) is 3.24 Å². The van der Waals surface area contributed by atoms with Crippen LogP contribution in [0.3, 0.4) is 0 Å². The molecule has 0 aromatic carbocycles. The second kappa shape index (κ2) is 3.10. The van der Waals surface area contributed by atoms with Gasteiger partial charge in [0.25, 0.3) is 0 Å². The molecule has 2 unspecified atom stereocenters. The molecule has 0 N–H and O–H groups in total. The molecular formula is C13H23N. The van der Waals surface area contributed by atoms with E-state index in [1.807, 2.05) is 0 Å². The van der Waals surface area contributed by atoms with Crippen LogP contribution in [-0.4, -0.2) is 23.5 Å². The minimum Gasteiger partial charge on any atom is -0.293 e. The van der Waals surface area contributed by atoms with E-state index in [2.05, 4.69) is 44.7 Å². The molecule has 80 valence electrons. The van der Waals surface area contributed by atoms with Crippen LogP contribution in [0.1, 0.15) is 40.5 Å². The van der Waals surface area contributed by atoms with Crippen molar-refractivity contribution in [3.05, 3.63) is 12.2 Å². The summed E-state index contributed by atoms with van der Waals surface area (Å²) in [6, 6.07) is 0. The summed E-state index contributed by atoms with van der Waals surface area (Å²) in [5.74, 6) is 0.928. The highest BCUT2D eigenvalue weighted by Gasteiger charge is 2.59. The predicted molar refractivity (Wildman–Crippen MR) is 61.3 cm³/mol. The molecule has 0 amide bonds. The van der Waals surface area contributed by atoms with Gasteiger partial charge in [0.15, 0.2) is 0 Å². The van der Waals surface area contributed by atoms with E-state index in [1.165, 1.54) is 19.4 Å². The molecule has 1 aliphatic carbocycles. The van der Waals surface area contributed by atoms with E-state index in [9.17, 15) is 0 Å². The van der Waals surface area contributed by atoms with E-state index < -0.39 is 0 Å². The average Bonchev–Trinajstić information content (AvgIpc) is 2.46. The molecule has 1 saturated heterocycles. The highest BCUT2D eigenvalue weighted by molar-refractivity contribution is 5.14. The molecule has 2 rings (SSSR count). The molecule has 14 heavy (non-hydrogen) atoms. The van der Waals surface area contributed by atoms with Gasteiger partial charge < -0.3 is 0 Å². The van der Waals surface area contributed by atoms with Gasteiger partial charge in [-0.2, -0.15) is 0 Å². The monoisotopic (exact) mass is 193 g/mol. The molecule has 1 saturated carbocycles. The Hall–Kier alpha value is -0.300. The lowest BCUT2D eigenvalue weighted by molar-refractivity contribution is 0.0933. The van der Waals surface area contributed by atoms with Crippen LogP contribution >= 0.6 is 0 Å². The number of hydrogen-bond donors (Lipinski definition) is 0. The van der Waals surface area contributed by atoms with Gasteiger partial charge in [-0.1, -0.05) is 26.0 Å². The van der Waals surface area contributed by atoms with E-state index in [0.717, 1.165) is 12.5 Å². The molecule has 2 bridgehead atoms. The summed E-state index contributed by atoms with van der Waals surface area (Å²) in [5, 5.41) is 0. The summed E-state index contributed by atoms with van der Waals surface area (Å²) in [6.45, 7) is 12.0. The van der Waals surface area contributed by atoms with Crippen LogP contribution in [0.4, 0.5) is 0 Å². The van der Waals surface area contributed by atoms with Crippen molar-refractivity contribution in [3.63, 3.8) is 0 Å². The maximum Gasteiger partial charge on any atom is 0.0239 e. The number of nitrogens with zero attached hydrogens (tertiary/aromatic N) is 1. The zero-order valence-electron chi connectivity index (χ0n) is 10.0. The SMILES string of the molecule is C/C=C/CN1CC2CCC1(C)C2(C)C. The quantitative estimate of drug-likeness (QED) is 0.609. The molecule has 2 aliphatic rings. The van der Waals surface area contributed by atoms with Gasteiger partial charge in [-0.05, 0) is 38.0 Å². The fraction of sp³-hybridized carbons (Fsp3) is 0.846.